The molecule has 198 valence electrons. The SMILES string of the molecule is CC(=O)Nc1cc(-c2ccc(F)cc2F)cc(-n2cnc3cc(-c4cn(C5CCN(C)CC5)nn4)ccc32)c1. The first-order valence-corrected chi connectivity index (χ1v) is 12.8. The van der Waals surface area contributed by atoms with Gasteiger partial charge in [0, 0.05) is 35.5 Å². The van der Waals surface area contributed by atoms with Gasteiger partial charge in [0.25, 0.3) is 0 Å². The van der Waals surface area contributed by atoms with E-state index in [-0.39, 0.29) is 11.5 Å². The van der Waals surface area contributed by atoms with E-state index >= 15 is 0 Å². The van der Waals surface area contributed by atoms with E-state index in [9.17, 15) is 13.6 Å². The lowest BCUT2D eigenvalue weighted by atomic mass is 10.0. The zero-order valence-electron chi connectivity index (χ0n) is 21.6. The third kappa shape index (κ3) is 5.03. The van der Waals surface area contributed by atoms with Crippen LogP contribution in [0.5, 0.6) is 0 Å². The molecule has 5 aromatic rings. The number of piperidine rings is 1. The van der Waals surface area contributed by atoms with Crippen molar-refractivity contribution in [2.75, 3.05) is 25.5 Å². The summed E-state index contributed by atoms with van der Waals surface area (Å²) in [6, 6.07) is 14.9. The van der Waals surface area contributed by atoms with Gasteiger partial charge >= 0.3 is 0 Å². The van der Waals surface area contributed by atoms with Gasteiger partial charge in [-0.1, -0.05) is 11.3 Å². The molecule has 1 saturated heterocycles. The van der Waals surface area contributed by atoms with Crippen LogP contribution in [0.25, 0.3) is 39.1 Å². The van der Waals surface area contributed by atoms with Crippen molar-refractivity contribution in [2.24, 2.45) is 0 Å². The lowest BCUT2D eigenvalue weighted by molar-refractivity contribution is -0.114. The minimum absolute atomic E-state index is 0.226. The predicted molar refractivity (Wildman–Crippen MR) is 146 cm³/mol. The number of likely N-dealkylation sites (tertiary alicyclic amines) is 1. The Morgan fingerprint density at radius 3 is 2.59 bits per heavy atom. The van der Waals surface area contributed by atoms with Gasteiger partial charge in [0.1, 0.15) is 23.7 Å². The van der Waals surface area contributed by atoms with Crippen molar-refractivity contribution in [3.63, 3.8) is 0 Å². The van der Waals surface area contributed by atoms with Crippen LogP contribution in [0.3, 0.4) is 0 Å². The van der Waals surface area contributed by atoms with Crippen LogP contribution in [0.1, 0.15) is 25.8 Å². The number of halogens is 2. The number of rotatable bonds is 5. The number of carbonyl (C=O) groups excluding carboxylic acids is 1. The average Bonchev–Trinajstić information content (AvgIpc) is 3.56. The molecule has 0 unspecified atom stereocenters. The molecule has 0 bridgehead atoms. The second-order valence-corrected chi connectivity index (χ2v) is 10.0. The second-order valence-electron chi connectivity index (χ2n) is 10.0. The van der Waals surface area contributed by atoms with Crippen LogP contribution < -0.4 is 5.32 Å². The molecular weight excluding hydrogens is 500 g/mol. The van der Waals surface area contributed by atoms with E-state index in [4.69, 9.17) is 0 Å². The van der Waals surface area contributed by atoms with E-state index < -0.39 is 11.6 Å². The highest BCUT2D eigenvalue weighted by molar-refractivity contribution is 5.91. The highest BCUT2D eigenvalue weighted by atomic mass is 19.1. The zero-order valence-corrected chi connectivity index (χ0v) is 21.6. The summed E-state index contributed by atoms with van der Waals surface area (Å²) < 4.78 is 32.0. The average molecular weight is 528 g/mol. The van der Waals surface area contributed by atoms with Gasteiger partial charge in [0.15, 0.2) is 0 Å². The van der Waals surface area contributed by atoms with Gasteiger partial charge in [-0.25, -0.2) is 18.4 Å². The second kappa shape index (κ2) is 10.0. The van der Waals surface area contributed by atoms with Crippen molar-refractivity contribution in [1.82, 2.24) is 29.4 Å². The fourth-order valence-electron chi connectivity index (χ4n) is 5.13. The molecule has 3 heterocycles. The normalized spacial score (nSPS) is 14.7. The molecule has 8 nitrogen and oxygen atoms in total. The molecule has 10 heteroatoms. The first-order chi connectivity index (χ1) is 18.8. The lowest BCUT2D eigenvalue weighted by Gasteiger charge is -2.28. The summed E-state index contributed by atoms with van der Waals surface area (Å²) in [4.78, 5) is 18.7. The van der Waals surface area contributed by atoms with Crippen molar-refractivity contribution in [3.05, 3.63) is 78.8 Å². The van der Waals surface area contributed by atoms with Crippen molar-refractivity contribution >= 4 is 22.6 Å². The summed E-state index contributed by atoms with van der Waals surface area (Å²) in [6.45, 7) is 3.49. The molecular formula is C29H27F2N7O. The number of nitrogens with one attached hydrogen (secondary N) is 1. The maximum atomic E-state index is 14.6. The Morgan fingerprint density at radius 2 is 1.82 bits per heavy atom. The fourth-order valence-corrected chi connectivity index (χ4v) is 5.13. The molecule has 0 spiro atoms. The molecule has 0 aliphatic carbocycles. The van der Waals surface area contributed by atoms with E-state index in [0.29, 0.717) is 23.0 Å². The Labute approximate surface area is 223 Å². The van der Waals surface area contributed by atoms with Gasteiger partial charge in [0.05, 0.1) is 23.3 Å². The summed E-state index contributed by atoms with van der Waals surface area (Å²) in [5.41, 5.74) is 5.15. The largest absolute Gasteiger partial charge is 0.326 e. The number of anilines is 1. The molecule has 3 aromatic carbocycles. The summed E-state index contributed by atoms with van der Waals surface area (Å²) in [7, 11) is 2.13. The van der Waals surface area contributed by atoms with E-state index in [0.717, 1.165) is 54.3 Å². The minimum atomic E-state index is -0.686. The molecule has 39 heavy (non-hydrogen) atoms. The number of carbonyl (C=O) groups is 1. The van der Waals surface area contributed by atoms with E-state index in [1.807, 2.05) is 33.6 Å². The van der Waals surface area contributed by atoms with Crippen LogP contribution in [-0.2, 0) is 4.79 Å². The summed E-state index contributed by atoms with van der Waals surface area (Å²) in [6.07, 6.45) is 5.77. The molecule has 2 aromatic heterocycles. The van der Waals surface area contributed by atoms with Crippen LogP contribution in [-0.4, -0.2) is 55.5 Å². The molecule has 0 saturated carbocycles. The van der Waals surface area contributed by atoms with E-state index in [2.05, 4.69) is 32.6 Å². The number of aromatic nitrogens is 5. The number of nitrogens with zero attached hydrogens (tertiary/aromatic N) is 6. The highest BCUT2D eigenvalue weighted by Gasteiger charge is 2.20. The zero-order chi connectivity index (χ0) is 27.1. The monoisotopic (exact) mass is 527 g/mol. The fraction of sp³-hybridized carbons (Fsp3) is 0.241. The summed E-state index contributed by atoms with van der Waals surface area (Å²) >= 11 is 0. The summed E-state index contributed by atoms with van der Waals surface area (Å²) in [5, 5.41) is 11.6. The van der Waals surface area contributed by atoms with Crippen molar-refractivity contribution in [2.45, 2.75) is 25.8 Å². The van der Waals surface area contributed by atoms with E-state index in [1.54, 1.807) is 24.5 Å². The molecule has 1 N–H and O–H groups in total. The third-order valence-corrected chi connectivity index (χ3v) is 7.17. The first-order valence-electron chi connectivity index (χ1n) is 12.8. The third-order valence-electron chi connectivity index (χ3n) is 7.17. The van der Waals surface area contributed by atoms with E-state index in [1.165, 1.54) is 19.1 Å². The number of amides is 1. The Morgan fingerprint density at radius 1 is 1.00 bits per heavy atom. The Balaban J connectivity index is 1.36. The standard InChI is InChI=1S/C29H27F2N7O/c1-18(39)33-22-11-20(25-5-4-21(30)14-26(25)31)12-24(15-22)37-17-32-27-13-19(3-6-29(27)37)28-16-38(35-34-28)23-7-9-36(2)10-8-23/h3-6,11-17,23H,7-10H2,1-2H3,(H,33,39). The Bertz CT molecular complexity index is 1680. The maximum Gasteiger partial charge on any atom is 0.221 e. The topological polar surface area (TPSA) is 80.9 Å². The quantitative estimate of drug-likeness (QED) is 0.329. The first kappa shape index (κ1) is 24.9. The Hall–Kier alpha value is -4.44. The van der Waals surface area contributed by atoms with Gasteiger partial charge in [-0.2, -0.15) is 0 Å². The minimum Gasteiger partial charge on any atom is -0.326 e. The van der Waals surface area contributed by atoms with Crippen LogP contribution in [0.4, 0.5) is 14.5 Å². The molecule has 1 fully saturated rings. The predicted octanol–water partition coefficient (Wildman–Crippen LogP) is 5.45. The number of hydrogen-bond acceptors (Lipinski definition) is 5. The lowest BCUT2D eigenvalue weighted by Crippen LogP contribution is -2.31. The smallest absolute Gasteiger partial charge is 0.221 e. The molecule has 1 aliphatic heterocycles. The van der Waals surface area contributed by atoms with Gasteiger partial charge in [-0.05, 0) is 81.0 Å². The summed E-state index contributed by atoms with van der Waals surface area (Å²) in [5.74, 6) is -1.60. The number of benzene rings is 3. The molecule has 0 atom stereocenters. The molecule has 0 radical (unpaired) electrons. The maximum absolute atomic E-state index is 14.6. The van der Waals surface area contributed by atoms with Crippen LogP contribution in [0.15, 0.2) is 67.1 Å². The van der Waals surface area contributed by atoms with Crippen molar-refractivity contribution < 1.29 is 13.6 Å². The van der Waals surface area contributed by atoms with Gasteiger partial charge in [-0.15, -0.1) is 5.10 Å². The van der Waals surface area contributed by atoms with Crippen molar-refractivity contribution in [3.8, 4) is 28.1 Å². The molecule has 1 aliphatic rings. The van der Waals surface area contributed by atoms with Crippen LogP contribution in [0, 0.1) is 11.6 Å². The van der Waals surface area contributed by atoms with Gasteiger partial charge in [-0.3, -0.25) is 9.36 Å². The highest BCUT2D eigenvalue weighted by Crippen LogP contribution is 2.32. The number of imidazole rings is 1. The van der Waals surface area contributed by atoms with Crippen molar-refractivity contribution in [1.29, 1.82) is 0 Å². The van der Waals surface area contributed by atoms with Gasteiger partial charge < -0.3 is 10.2 Å². The number of hydrogen-bond donors (Lipinski definition) is 1. The number of fused-ring (bicyclic) bond motifs is 1. The molecule has 6 rings (SSSR count). The van der Waals surface area contributed by atoms with Crippen LogP contribution in [0.2, 0.25) is 0 Å². The van der Waals surface area contributed by atoms with Gasteiger partial charge in [0.2, 0.25) is 5.91 Å². The molecule has 1 amide bonds. The Kier molecular flexibility index (Phi) is 6.40. The van der Waals surface area contributed by atoms with Crippen LogP contribution >= 0.6 is 0 Å².